The predicted molar refractivity (Wildman–Crippen MR) is 70.7 cm³/mol. The van der Waals surface area contributed by atoms with Gasteiger partial charge in [-0.05, 0) is 48.2 Å². The lowest BCUT2D eigenvalue weighted by atomic mass is 9.60. The monoisotopic (exact) mass is 312 g/mol. The molecule has 0 unspecified atom stereocenters. The van der Waals surface area contributed by atoms with Gasteiger partial charge in [-0.25, -0.2) is 17.6 Å². The number of halogens is 4. The molecule has 0 spiro atoms. The fourth-order valence-corrected chi connectivity index (χ4v) is 2.96. The Morgan fingerprint density at radius 3 is 1.23 bits per heavy atom. The molecule has 0 aromatic heterocycles. The molecule has 1 fully saturated rings. The number of phenols is 2. The number of phenolic OH excluding ortho intramolecular Hbond substituents is 2. The van der Waals surface area contributed by atoms with Crippen LogP contribution in [0.2, 0.25) is 0 Å². The Morgan fingerprint density at radius 1 is 0.682 bits per heavy atom. The number of aromatic hydroxyl groups is 2. The minimum Gasteiger partial charge on any atom is -0.503 e. The number of hydrogen-bond donors (Lipinski definition) is 2. The van der Waals surface area contributed by atoms with E-state index in [0.29, 0.717) is 12.8 Å². The normalized spacial score (nSPS) is 16.4. The lowest BCUT2D eigenvalue weighted by Crippen LogP contribution is -2.36. The summed E-state index contributed by atoms with van der Waals surface area (Å²) in [5.74, 6) is -6.66. The largest absolute Gasteiger partial charge is 0.503 e. The highest BCUT2D eigenvalue weighted by molar-refractivity contribution is 5.46. The van der Waals surface area contributed by atoms with Gasteiger partial charge in [-0.15, -0.1) is 0 Å². The fourth-order valence-electron chi connectivity index (χ4n) is 2.96. The van der Waals surface area contributed by atoms with Crippen LogP contribution in [0.4, 0.5) is 17.6 Å². The second-order valence-electron chi connectivity index (χ2n) is 5.51. The van der Waals surface area contributed by atoms with E-state index >= 15 is 0 Å². The third-order valence-corrected chi connectivity index (χ3v) is 4.35. The lowest BCUT2D eigenvalue weighted by molar-refractivity contribution is 0.293. The average molecular weight is 312 g/mol. The highest BCUT2D eigenvalue weighted by Gasteiger charge is 2.42. The topological polar surface area (TPSA) is 40.5 Å². The molecule has 1 aliphatic carbocycles. The molecule has 22 heavy (non-hydrogen) atoms. The van der Waals surface area contributed by atoms with E-state index in [4.69, 9.17) is 0 Å². The molecule has 0 radical (unpaired) electrons. The summed E-state index contributed by atoms with van der Waals surface area (Å²) in [4.78, 5) is 0. The summed E-state index contributed by atoms with van der Waals surface area (Å²) in [6.07, 6.45) is 1.65. The molecular weight excluding hydrogens is 300 g/mol. The van der Waals surface area contributed by atoms with Crippen LogP contribution < -0.4 is 0 Å². The van der Waals surface area contributed by atoms with E-state index in [1.807, 2.05) is 0 Å². The molecule has 0 heterocycles. The van der Waals surface area contributed by atoms with E-state index in [1.54, 1.807) is 0 Å². The van der Waals surface area contributed by atoms with Crippen LogP contribution in [0.5, 0.6) is 11.5 Å². The zero-order valence-electron chi connectivity index (χ0n) is 11.3. The van der Waals surface area contributed by atoms with Crippen LogP contribution in [0.1, 0.15) is 30.4 Å². The summed E-state index contributed by atoms with van der Waals surface area (Å²) < 4.78 is 54.4. The summed E-state index contributed by atoms with van der Waals surface area (Å²) in [6, 6.07) is 3.89. The maximum absolute atomic E-state index is 13.6. The summed E-state index contributed by atoms with van der Waals surface area (Å²) in [5, 5.41) is 18.4. The molecule has 2 N–H and O–H groups in total. The molecule has 116 valence electrons. The standard InChI is InChI=1S/C16H12F4O2/c17-10-4-8(5-11(18)14(10)21)16(2-1-3-16)9-6-12(19)15(22)13(20)7-9/h4-7,21-22H,1-3H2. The van der Waals surface area contributed by atoms with Crippen LogP contribution in [0.25, 0.3) is 0 Å². The van der Waals surface area contributed by atoms with E-state index in [0.717, 1.165) is 30.7 Å². The quantitative estimate of drug-likeness (QED) is 0.819. The first-order valence-electron chi connectivity index (χ1n) is 6.72. The molecule has 2 aromatic rings. The number of benzene rings is 2. The maximum Gasteiger partial charge on any atom is 0.187 e. The van der Waals surface area contributed by atoms with Crippen molar-refractivity contribution in [1.29, 1.82) is 0 Å². The molecular formula is C16H12F4O2. The molecule has 0 bridgehead atoms. The highest BCUT2D eigenvalue weighted by atomic mass is 19.1. The number of rotatable bonds is 2. The van der Waals surface area contributed by atoms with Crippen molar-refractivity contribution >= 4 is 0 Å². The molecule has 1 saturated carbocycles. The van der Waals surface area contributed by atoms with Gasteiger partial charge in [0.25, 0.3) is 0 Å². The zero-order chi connectivity index (χ0) is 16.1. The Bertz CT molecular complexity index is 648. The van der Waals surface area contributed by atoms with Gasteiger partial charge in [0, 0.05) is 5.41 Å². The molecule has 0 saturated heterocycles. The van der Waals surface area contributed by atoms with Crippen LogP contribution in [0.15, 0.2) is 24.3 Å². The van der Waals surface area contributed by atoms with E-state index in [9.17, 15) is 27.8 Å². The molecule has 6 heteroatoms. The van der Waals surface area contributed by atoms with Gasteiger partial charge in [-0.2, -0.15) is 0 Å². The van der Waals surface area contributed by atoms with Crippen molar-refractivity contribution in [2.75, 3.05) is 0 Å². The minimum absolute atomic E-state index is 0.205. The summed E-state index contributed by atoms with van der Waals surface area (Å²) in [6.45, 7) is 0. The molecule has 0 atom stereocenters. The second kappa shape index (κ2) is 4.90. The molecule has 0 amide bonds. The maximum atomic E-state index is 13.6. The SMILES string of the molecule is Oc1c(F)cc(C2(c3cc(F)c(O)c(F)c3)CCC2)cc1F. The van der Waals surface area contributed by atoms with Crippen LogP contribution in [-0.4, -0.2) is 10.2 Å². The second-order valence-corrected chi connectivity index (χ2v) is 5.51. The molecule has 2 aromatic carbocycles. The Labute approximate surface area is 123 Å². The zero-order valence-corrected chi connectivity index (χ0v) is 11.3. The van der Waals surface area contributed by atoms with E-state index in [-0.39, 0.29) is 11.1 Å². The van der Waals surface area contributed by atoms with E-state index in [1.165, 1.54) is 0 Å². The molecule has 2 nitrogen and oxygen atoms in total. The van der Waals surface area contributed by atoms with Crippen molar-refractivity contribution in [3.8, 4) is 11.5 Å². The van der Waals surface area contributed by atoms with Gasteiger partial charge in [-0.3, -0.25) is 0 Å². The van der Waals surface area contributed by atoms with Gasteiger partial charge >= 0.3 is 0 Å². The van der Waals surface area contributed by atoms with Gasteiger partial charge in [0.1, 0.15) is 0 Å². The van der Waals surface area contributed by atoms with E-state index < -0.39 is 40.2 Å². The first-order valence-corrected chi connectivity index (χ1v) is 6.72. The summed E-state index contributed by atoms with van der Waals surface area (Å²) in [7, 11) is 0. The van der Waals surface area contributed by atoms with Crippen LogP contribution >= 0.6 is 0 Å². The van der Waals surface area contributed by atoms with Crippen LogP contribution in [0, 0.1) is 23.3 Å². The summed E-state index contributed by atoms with van der Waals surface area (Å²) in [5.41, 5.74) is -0.517. The van der Waals surface area contributed by atoms with Crippen molar-refractivity contribution in [3.05, 3.63) is 58.7 Å². The van der Waals surface area contributed by atoms with Gasteiger partial charge < -0.3 is 10.2 Å². The molecule has 1 aliphatic rings. The first kappa shape index (κ1) is 14.7. The Morgan fingerprint density at radius 2 is 1.00 bits per heavy atom. The van der Waals surface area contributed by atoms with Gasteiger partial charge in [0.05, 0.1) is 0 Å². The van der Waals surface area contributed by atoms with Crippen molar-refractivity contribution in [1.82, 2.24) is 0 Å². The lowest BCUT2D eigenvalue weighted by Gasteiger charge is -2.43. The van der Waals surface area contributed by atoms with Crippen LogP contribution in [-0.2, 0) is 5.41 Å². The van der Waals surface area contributed by atoms with Crippen LogP contribution in [0.3, 0.4) is 0 Å². The first-order chi connectivity index (χ1) is 10.3. The Hall–Kier alpha value is -2.24. The van der Waals surface area contributed by atoms with Crippen molar-refractivity contribution < 1.29 is 27.8 Å². The van der Waals surface area contributed by atoms with Gasteiger partial charge in [0.15, 0.2) is 34.8 Å². The van der Waals surface area contributed by atoms with Gasteiger partial charge in [-0.1, -0.05) is 6.42 Å². The highest BCUT2D eigenvalue weighted by Crippen LogP contribution is 2.50. The van der Waals surface area contributed by atoms with E-state index in [2.05, 4.69) is 0 Å². The van der Waals surface area contributed by atoms with Crippen molar-refractivity contribution in [2.24, 2.45) is 0 Å². The average Bonchev–Trinajstić information content (AvgIpc) is 2.40. The summed E-state index contributed by atoms with van der Waals surface area (Å²) >= 11 is 0. The Kier molecular flexibility index (Phi) is 3.27. The minimum atomic E-state index is -1.12. The number of hydrogen-bond acceptors (Lipinski definition) is 2. The van der Waals surface area contributed by atoms with Crippen molar-refractivity contribution in [2.45, 2.75) is 24.7 Å². The third-order valence-electron chi connectivity index (χ3n) is 4.35. The van der Waals surface area contributed by atoms with Gasteiger partial charge in [0.2, 0.25) is 0 Å². The van der Waals surface area contributed by atoms with Crippen molar-refractivity contribution in [3.63, 3.8) is 0 Å². The Balaban J connectivity index is 2.18. The molecule has 0 aliphatic heterocycles. The smallest absolute Gasteiger partial charge is 0.187 e. The fraction of sp³-hybridized carbons (Fsp3) is 0.250. The predicted octanol–water partition coefficient (Wildman–Crippen LogP) is 4.12. The third kappa shape index (κ3) is 2.01. The molecule has 3 rings (SSSR count).